The maximum absolute atomic E-state index is 12.9. The summed E-state index contributed by atoms with van der Waals surface area (Å²) in [5.74, 6) is 1.39. The zero-order chi connectivity index (χ0) is 19.1. The minimum absolute atomic E-state index is 0.120. The number of nitrogens with zero attached hydrogens (tertiary/aromatic N) is 2. The quantitative estimate of drug-likeness (QED) is 0.630. The Balaban J connectivity index is 1.51. The van der Waals surface area contributed by atoms with Crippen LogP contribution in [0.4, 0.5) is 4.39 Å². The molecule has 0 spiro atoms. The fraction of sp³-hybridized carbons (Fsp3) is 0.143. The number of carbonyl (C=O) groups excluding carboxylic acids is 1. The molecule has 3 rings (SSSR count). The molecule has 6 heteroatoms. The summed E-state index contributed by atoms with van der Waals surface area (Å²) in [7, 11) is 1.70. The Labute approximate surface area is 157 Å². The fourth-order valence-corrected chi connectivity index (χ4v) is 2.36. The van der Waals surface area contributed by atoms with E-state index >= 15 is 0 Å². The number of likely N-dealkylation sites (N-methyl/N-ethyl adjacent to an activating group) is 1. The van der Waals surface area contributed by atoms with Gasteiger partial charge < -0.3 is 14.4 Å². The molecule has 27 heavy (non-hydrogen) atoms. The van der Waals surface area contributed by atoms with Gasteiger partial charge in [0.2, 0.25) is 0 Å². The van der Waals surface area contributed by atoms with Crippen molar-refractivity contribution in [1.82, 2.24) is 9.88 Å². The number of hydrogen-bond acceptors (Lipinski definition) is 4. The van der Waals surface area contributed by atoms with Crippen LogP contribution in [0.3, 0.4) is 0 Å². The number of halogens is 1. The SMILES string of the molecule is CN(CCOc1ccc(F)cc1)C(=O)c1ccc(Oc2cccnc2)cc1. The molecule has 1 amide bonds. The van der Waals surface area contributed by atoms with Crippen molar-refractivity contribution >= 4 is 5.91 Å². The highest BCUT2D eigenvalue weighted by Gasteiger charge is 2.12. The summed E-state index contributed by atoms with van der Waals surface area (Å²) in [5, 5.41) is 0. The highest BCUT2D eigenvalue weighted by atomic mass is 19.1. The van der Waals surface area contributed by atoms with E-state index in [9.17, 15) is 9.18 Å². The average Bonchev–Trinajstić information content (AvgIpc) is 2.70. The smallest absolute Gasteiger partial charge is 0.253 e. The fourth-order valence-electron chi connectivity index (χ4n) is 2.36. The van der Waals surface area contributed by atoms with E-state index in [1.54, 1.807) is 72.9 Å². The molecule has 0 fully saturated rings. The van der Waals surface area contributed by atoms with Gasteiger partial charge in [0.25, 0.3) is 5.91 Å². The molecule has 0 saturated carbocycles. The molecule has 0 radical (unpaired) electrons. The van der Waals surface area contributed by atoms with Gasteiger partial charge >= 0.3 is 0 Å². The number of carbonyl (C=O) groups is 1. The Morgan fingerprint density at radius 3 is 2.37 bits per heavy atom. The van der Waals surface area contributed by atoms with E-state index in [0.29, 0.717) is 36.0 Å². The van der Waals surface area contributed by atoms with E-state index in [1.807, 2.05) is 0 Å². The molecule has 5 nitrogen and oxygen atoms in total. The first-order valence-corrected chi connectivity index (χ1v) is 8.43. The average molecular weight is 366 g/mol. The number of aromatic nitrogens is 1. The number of ether oxygens (including phenoxy) is 2. The number of hydrogen-bond donors (Lipinski definition) is 0. The summed E-state index contributed by atoms with van der Waals surface area (Å²) in [6, 6.07) is 16.3. The van der Waals surface area contributed by atoms with Gasteiger partial charge in [0, 0.05) is 18.8 Å². The van der Waals surface area contributed by atoms with E-state index in [0.717, 1.165) is 0 Å². The predicted molar refractivity (Wildman–Crippen MR) is 99.6 cm³/mol. The molecule has 0 unspecified atom stereocenters. The van der Waals surface area contributed by atoms with Crippen LogP contribution in [0.5, 0.6) is 17.2 Å². The third-order valence-electron chi connectivity index (χ3n) is 3.83. The summed E-state index contributed by atoms with van der Waals surface area (Å²) >= 11 is 0. The van der Waals surface area contributed by atoms with Gasteiger partial charge in [-0.15, -0.1) is 0 Å². The molecule has 3 aromatic rings. The molecule has 0 aliphatic rings. The Kier molecular flexibility index (Phi) is 5.99. The summed E-state index contributed by atoms with van der Waals surface area (Å²) < 4.78 is 24.0. The molecule has 0 saturated heterocycles. The summed E-state index contributed by atoms with van der Waals surface area (Å²) in [5.41, 5.74) is 0.554. The minimum atomic E-state index is -0.314. The van der Waals surface area contributed by atoms with Gasteiger partial charge in [-0.25, -0.2) is 4.39 Å². The first-order chi connectivity index (χ1) is 13.1. The highest BCUT2D eigenvalue weighted by molar-refractivity contribution is 5.94. The van der Waals surface area contributed by atoms with Crippen LogP contribution in [-0.4, -0.2) is 36.0 Å². The van der Waals surface area contributed by atoms with E-state index in [1.165, 1.54) is 12.1 Å². The Bertz CT molecular complexity index is 868. The number of pyridine rings is 1. The van der Waals surface area contributed by atoms with Crippen LogP contribution in [0.1, 0.15) is 10.4 Å². The second-order valence-electron chi connectivity index (χ2n) is 5.84. The van der Waals surface area contributed by atoms with Crippen LogP contribution in [0.15, 0.2) is 73.1 Å². The van der Waals surface area contributed by atoms with Crippen molar-refractivity contribution in [1.29, 1.82) is 0 Å². The first-order valence-electron chi connectivity index (χ1n) is 8.43. The van der Waals surface area contributed by atoms with E-state index < -0.39 is 0 Å². The monoisotopic (exact) mass is 366 g/mol. The molecule has 1 heterocycles. The zero-order valence-electron chi connectivity index (χ0n) is 14.8. The van der Waals surface area contributed by atoms with Crippen molar-refractivity contribution in [2.45, 2.75) is 0 Å². The van der Waals surface area contributed by atoms with Crippen LogP contribution in [-0.2, 0) is 0 Å². The topological polar surface area (TPSA) is 51.7 Å². The first kappa shape index (κ1) is 18.4. The summed E-state index contributed by atoms with van der Waals surface area (Å²) in [4.78, 5) is 18.0. The maximum Gasteiger partial charge on any atom is 0.253 e. The van der Waals surface area contributed by atoms with Crippen molar-refractivity contribution in [2.75, 3.05) is 20.2 Å². The van der Waals surface area contributed by atoms with Crippen molar-refractivity contribution < 1.29 is 18.7 Å². The molecule has 0 aliphatic carbocycles. The van der Waals surface area contributed by atoms with Crippen molar-refractivity contribution in [3.05, 3.63) is 84.4 Å². The van der Waals surface area contributed by atoms with Gasteiger partial charge in [0.15, 0.2) is 0 Å². The van der Waals surface area contributed by atoms with Gasteiger partial charge in [0.05, 0.1) is 12.7 Å². The molecular formula is C21H19FN2O3. The lowest BCUT2D eigenvalue weighted by Crippen LogP contribution is -2.30. The second kappa shape index (κ2) is 8.80. The molecule has 0 atom stereocenters. The van der Waals surface area contributed by atoms with Crippen LogP contribution >= 0.6 is 0 Å². The van der Waals surface area contributed by atoms with Gasteiger partial charge in [-0.1, -0.05) is 0 Å². The minimum Gasteiger partial charge on any atom is -0.492 e. The second-order valence-corrected chi connectivity index (χ2v) is 5.84. The lowest BCUT2D eigenvalue weighted by Gasteiger charge is -2.18. The van der Waals surface area contributed by atoms with E-state index in [-0.39, 0.29) is 11.7 Å². The largest absolute Gasteiger partial charge is 0.492 e. The third-order valence-corrected chi connectivity index (χ3v) is 3.83. The van der Waals surface area contributed by atoms with Crippen molar-refractivity contribution in [3.63, 3.8) is 0 Å². The summed E-state index contributed by atoms with van der Waals surface area (Å²) in [6.07, 6.45) is 3.29. The predicted octanol–water partition coefficient (Wildman–Crippen LogP) is 4.16. The lowest BCUT2D eigenvalue weighted by atomic mass is 10.2. The van der Waals surface area contributed by atoms with Gasteiger partial charge in [0.1, 0.15) is 29.7 Å². The molecule has 1 aromatic heterocycles. The van der Waals surface area contributed by atoms with Crippen LogP contribution in [0.2, 0.25) is 0 Å². The number of rotatable bonds is 7. The Hall–Kier alpha value is -3.41. The zero-order valence-corrected chi connectivity index (χ0v) is 14.8. The molecular weight excluding hydrogens is 347 g/mol. The summed E-state index contributed by atoms with van der Waals surface area (Å²) in [6.45, 7) is 0.722. The number of amides is 1. The molecule has 0 N–H and O–H groups in total. The van der Waals surface area contributed by atoms with Crippen molar-refractivity contribution in [2.24, 2.45) is 0 Å². The van der Waals surface area contributed by atoms with Gasteiger partial charge in [-0.3, -0.25) is 9.78 Å². The normalized spacial score (nSPS) is 10.3. The molecule has 138 valence electrons. The van der Waals surface area contributed by atoms with Gasteiger partial charge in [-0.2, -0.15) is 0 Å². The molecule has 0 aliphatic heterocycles. The van der Waals surface area contributed by atoms with Crippen LogP contribution < -0.4 is 9.47 Å². The van der Waals surface area contributed by atoms with Crippen LogP contribution in [0, 0.1) is 5.82 Å². The van der Waals surface area contributed by atoms with Gasteiger partial charge in [-0.05, 0) is 60.7 Å². The van der Waals surface area contributed by atoms with E-state index in [4.69, 9.17) is 9.47 Å². The number of benzene rings is 2. The standard InChI is InChI=1S/C21H19FN2O3/c1-24(13-14-26-18-10-6-17(22)7-11-18)21(25)16-4-8-19(9-5-16)27-20-3-2-12-23-15-20/h2-12,15H,13-14H2,1H3. The highest BCUT2D eigenvalue weighted by Crippen LogP contribution is 2.21. The van der Waals surface area contributed by atoms with E-state index in [2.05, 4.69) is 4.98 Å². The van der Waals surface area contributed by atoms with Crippen LogP contribution in [0.25, 0.3) is 0 Å². The molecule has 0 bridgehead atoms. The molecule has 2 aromatic carbocycles. The Morgan fingerprint density at radius 2 is 1.70 bits per heavy atom. The lowest BCUT2D eigenvalue weighted by molar-refractivity contribution is 0.0774. The maximum atomic E-state index is 12.9. The third kappa shape index (κ3) is 5.28. The van der Waals surface area contributed by atoms with Crippen molar-refractivity contribution in [3.8, 4) is 17.2 Å². The Morgan fingerprint density at radius 1 is 1.00 bits per heavy atom.